The van der Waals surface area contributed by atoms with Gasteiger partial charge in [0.2, 0.25) is 0 Å². The molecule has 0 radical (unpaired) electrons. The first-order valence-corrected chi connectivity index (χ1v) is 18.9. The second kappa shape index (κ2) is 13.3. The van der Waals surface area contributed by atoms with Gasteiger partial charge in [0.15, 0.2) is 17.5 Å². The number of hydrogen-bond donors (Lipinski definition) is 0. The number of fused-ring (bicyclic) bond motifs is 6. The van der Waals surface area contributed by atoms with Crippen molar-refractivity contribution in [2.45, 2.75) is 0 Å². The molecule has 5 heteroatoms. The number of aromatic nitrogens is 4. The first-order chi connectivity index (χ1) is 31.1. The molecule has 0 aliphatic rings. The summed E-state index contributed by atoms with van der Waals surface area (Å²) in [5, 5.41) is 2.45. The van der Waals surface area contributed by atoms with E-state index in [9.17, 15) is 2.74 Å². The SMILES string of the molecule is [2H]c1c([2H])c([2H])c2c(c1[2H])c1c([2H])c([2H])c([2H])c([2H])c1n2-c1cc(-c2nc(-c3ccccc3)nc(-c3ccc(-c4cccc5c4sc4ccccc45)cc3)n2)ccc1-c1ccccc1. The van der Waals surface area contributed by atoms with Crippen LogP contribution in [0.2, 0.25) is 0 Å². The molecule has 0 atom stereocenters. The van der Waals surface area contributed by atoms with Crippen LogP contribution in [-0.4, -0.2) is 19.5 Å². The Bertz CT molecular complexity index is 3630. The fraction of sp³-hybridized carbons (Fsp3) is 0. The van der Waals surface area contributed by atoms with Crippen LogP contribution in [0.25, 0.3) is 104 Å². The van der Waals surface area contributed by atoms with E-state index in [1.54, 1.807) is 15.9 Å². The molecule has 0 unspecified atom stereocenters. The Hall–Kier alpha value is -7.21. The Labute approximate surface area is 338 Å². The van der Waals surface area contributed by atoms with Crippen LogP contribution in [0, 0.1) is 0 Å². The van der Waals surface area contributed by atoms with E-state index < -0.39 is 36.3 Å². The van der Waals surface area contributed by atoms with E-state index in [0.717, 1.165) is 27.8 Å². The summed E-state index contributed by atoms with van der Waals surface area (Å²) in [7, 11) is 0. The molecule has 3 aromatic heterocycles. The summed E-state index contributed by atoms with van der Waals surface area (Å²) in [4.78, 5) is 15.1. The van der Waals surface area contributed by atoms with Crippen molar-refractivity contribution in [2.75, 3.05) is 0 Å². The zero-order valence-corrected chi connectivity index (χ0v) is 30.4. The summed E-state index contributed by atoms with van der Waals surface area (Å²) >= 11 is 1.78. The van der Waals surface area contributed by atoms with E-state index in [0.29, 0.717) is 34.3 Å². The Morgan fingerprint density at radius 1 is 0.411 bits per heavy atom. The van der Waals surface area contributed by atoms with Crippen LogP contribution in [0.5, 0.6) is 0 Å². The van der Waals surface area contributed by atoms with E-state index in [1.165, 1.54) is 20.2 Å². The molecule has 11 rings (SSSR count). The highest BCUT2D eigenvalue weighted by Gasteiger charge is 2.19. The lowest BCUT2D eigenvalue weighted by Gasteiger charge is -2.16. The number of rotatable bonds is 6. The highest BCUT2D eigenvalue weighted by Crippen LogP contribution is 2.41. The number of benzene rings is 8. The molecule has 3 heterocycles. The van der Waals surface area contributed by atoms with Gasteiger partial charge in [-0.05, 0) is 40.9 Å². The average molecular weight is 741 g/mol. The molecule has 262 valence electrons. The number of hydrogen-bond acceptors (Lipinski definition) is 4. The highest BCUT2D eigenvalue weighted by atomic mass is 32.1. The number of thiophene rings is 1. The molecule has 0 saturated heterocycles. The summed E-state index contributed by atoms with van der Waals surface area (Å²) in [5.41, 5.74) is 6.14. The third-order valence-corrected chi connectivity index (χ3v) is 11.4. The van der Waals surface area contributed by atoms with Gasteiger partial charge >= 0.3 is 0 Å². The van der Waals surface area contributed by atoms with Crippen LogP contribution in [-0.2, 0) is 0 Å². The van der Waals surface area contributed by atoms with Crippen molar-refractivity contribution < 1.29 is 11.0 Å². The Morgan fingerprint density at radius 2 is 0.929 bits per heavy atom. The molecule has 0 saturated carbocycles. The summed E-state index contributed by atoms with van der Waals surface area (Å²) in [6.45, 7) is 0. The molecule has 56 heavy (non-hydrogen) atoms. The van der Waals surface area contributed by atoms with E-state index in [2.05, 4.69) is 54.6 Å². The van der Waals surface area contributed by atoms with E-state index in [1.807, 2.05) is 91.0 Å². The molecule has 0 bridgehead atoms. The summed E-state index contributed by atoms with van der Waals surface area (Å²) in [6.07, 6.45) is 0. The number of nitrogens with zero attached hydrogens (tertiary/aromatic N) is 4. The number of para-hydroxylation sites is 2. The minimum Gasteiger partial charge on any atom is -0.309 e. The molecule has 0 spiro atoms. The quantitative estimate of drug-likeness (QED) is 0.170. The van der Waals surface area contributed by atoms with Crippen LogP contribution in [0.1, 0.15) is 11.0 Å². The van der Waals surface area contributed by atoms with Gasteiger partial charge in [-0.2, -0.15) is 0 Å². The second-order valence-corrected chi connectivity index (χ2v) is 14.5. The summed E-state index contributed by atoms with van der Waals surface area (Å²) < 4.78 is 75.0. The fourth-order valence-corrected chi connectivity index (χ4v) is 8.74. The largest absolute Gasteiger partial charge is 0.309 e. The monoisotopic (exact) mass is 740 g/mol. The predicted molar refractivity (Wildman–Crippen MR) is 234 cm³/mol. The van der Waals surface area contributed by atoms with E-state index in [-0.39, 0.29) is 33.9 Å². The second-order valence-electron chi connectivity index (χ2n) is 13.4. The third-order valence-electron chi connectivity index (χ3n) is 10.1. The normalized spacial score (nSPS) is 13.6. The van der Waals surface area contributed by atoms with Gasteiger partial charge in [-0.1, -0.05) is 170 Å². The molecular weight excluding hydrogens is 701 g/mol. The Morgan fingerprint density at radius 3 is 1.62 bits per heavy atom. The maximum Gasteiger partial charge on any atom is 0.164 e. The average Bonchev–Trinajstić information content (AvgIpc) is 3.91. The Kier molecular flexibility index (Phi) is 5.92. The topological polar surface area (TPSA) is 43.6 Å². The maximum atomic E-state index is 9.21. The van der Waals surface area contributed by atoms with Gasteiger partial charge in [0, 0.05) is 53.2 Å². The molecule has 0 aliphatic carbocycles. The standard InChI is InChI=1S/C51H32N4S/c1-3-14-33(15-4-1)38-31-30-37(32-46(38)55-44-23-10-7-18-40(44)41-19-8-11-24-45(41)55)51-53-49(35-16-5-2-6-17-35)52-50(54-51)36-28-26-34(27-29-36)39-21-13-22-43-42-20-9-12-25-47(42)56-48(39)43/h1-32H/i7D,8D,10D,11D,18D,19D,23D,24D. The van der Waals surface area contributed by atoms with Gasteiger partial charge in [0.1, 0.15) is 0 Å². The highest BCUT2D eigenvalue weighted by molar-refractivity contribution is 7.26. The minimum absolute atomic E-state index is 0.00161. The molecule has 0 aliphatic heterocycles. The zero-order chi connectivity index (χ0) is 44.0. The first-order valence-electron chi connectivity index (χ1n) is 22.1. The van der Waals surface area contributed by atoms with Crippen molar-refractivity contribution in [1.82, 2.24) is 19.5 Å². The van der Waals surface area contributed by atoms with Gasteiger partial charge in [-0.25, -0.2) is 15.0 Å². The van der Waals surface area contributed by atoms with Crippen LogP contribution in [0.4, 0.5) is 0 Å². The molecule has 0 fully saturated rings. The van der Waals surface area contributed by atoms with Gasteiger partial charge < -0.3 is 4.57 Å². The van der Waals surface area contributed by atoms with Crippen LogP contribution in [0.15, 0.2) is 194 Å². The van der Waals surface area contributed by atoms with Crippen molar-refractivity contribution in [3.63, 3.8) is 0 Å². The van der Waals surface area contributed by atoms with Crippen molar-refractivity contribution >= 4 is 53.3 Å². The lowest BCUT2D eigenvalue weighted by Crippen LogP contribution is -2.02. The van der Waals surface area contributed by atoms with E-state index >= 15 is 0 Å². The summed E-state index contributed by atoms with van der Waals surface area (Å²) in [5.74, 6) is 1.20. The zero-order valence-electron chi connectivity index (χ0n) is 37.6. The van der Waals surface area contributed by atoms with E-state index in [4.69, 9.17) is 23.2 Å². The molecule has 4 nitrogen and oxygen atoms in total. The smallest absolute Gasteiger partial charge is 0.164 e. The van der Waals surface area contributed by atoms with Crippen LogP contribution < -0.4 is 0 Å². The molecule has 8 aromatic carbocycles. The minimum atomic E-state index is -0.502. The van der Waals surface area contributed by atoms with Crippen molar-refractivity contribution in [3.05, 3.63) is 194 Å². The van der Waals surface area contributed by atoms with Crippen LogP contribution in [0.3, 0.4) is 0 Å². The lowest BCUT2D eigenvalue weighted by molar-refractivity contribution is 1.07. The molecule has 0 amide bonds. The van der Waals surface area contributed by atoms with Gasteiger partial charge in [0.05, 0.1) is 27.7 Å². The molecule has 11 aromatic rings. The predicted octanol–water partition coefficient (Wildman–Crippen LogP) is 13.7. The molecule has 0 N–H and O–H groups in total. The lowest BCUT2D eigenvalue weighted by atomic mass is 10.0. The van der Waals surface area contributed by atoms with Crippen molar-refractivity contribution in [2.24, 2.45) is 0 Å². The first kappa shape index (κ1) is 25.0. The van der Waals surface area contributed by atoms with Gasteiger partial charge in [-0.15, -0.1) is 11.3 Å². The third kappa shape index (κ3) is 5.40. The fourth-order valence-electron chi connectivity index (χ4n) is 7.50. The van der Waals surface area contributed by atoms with Crippen molar-refractivity contribution in [3.8, 4) is 62.1 Å². The van der Waals surface area contributed by atoms with Crippen LogP contribution >= 0.6 is 11.3 Å². The molecular formula is C51H32N4S. The summed E-state index contributed by atoms with van der Waals surface area (Å²) in [6, 6.07) is 44.2. The van der Waals surface area contributed by atoms with Gasteiger partial charge in [-0.3, -0.25) is 0 Å². The maximum absolute atomic E-state index is 9.21. The van der Waals surface area contributed by atoms with Crippen molar-refractivity contribution in [1.29, 1.82) is 0 Å². The van der Waals surface area contributed by atoms with Gasteiger partial charge in [0.25, 0.3) is 0 Å². The Balaban J connectivity index is 1.14.